The molecular formula is C14H19ClN4O3. The first kappa shape index (κ1) is 17.9. The molecule has 0 bridgehead atoms. The second kappa shape index (κ2) is 7.77. The van der Waals surface area contributed by atoms with E-state index >= 15 is 0 Å². The maximum absolute atomic E-state index is 11.7. The molecule has 1 heterocycles. The van der Waals surface area contributed by atoms with Crippen molar-refractivity contribution in [2.75, 3.05) is 16.8 Å². The van der Waals surface area contributed by atoms with Gasteiger partial charge in [0.05, 0.1) is 12.5 Å². The molecule has 120 valence electrons. The number of benzene rings is 1. The number of amides is 3. The minimum absolute atomic E-state index is 0. The molecule has 3 amide bonds. The molecule has 8 heteroatoms. The van der Waals surface area contributed by atoms with Crippen LogP contribution in [0.5, 0.6) is 0 Å². The Bertz CT molecular complexity index is 562. The van der Waals surface area contributed by atoms with Crippen LogP contribution in [0.1, 0.15) is 19.3 Å². The SMILES string of the molecule is Cl.NC(=O)CC(N)C(=O)Nc1ccc(N2CCCC2=O)cc1. The lowest BCUT2D eigenvalue weighted by Crippen LogP contribution is -2.38. The van der Waals surface area contributed by atoms with Crippen molar-refractivity contribution in [3.8, 4) is 0 Å². The fourth-order valence-corrected chi connectivity index (χ4v) is 2.19. The number of nitrogens with two attached hydrogens (primary N) is 2. The molecule has 0 saturated carbocycles. The van der Waals surface area contributed by atoms with Crippen LogP contribution in [0, 0.1) is 0 Å². The number of halogens is 1. The van der Waals surface area contributed by atoms with Gasteiger partial charge in [-0.25, -0.2) is 0 Å². The van der Waals surface area contributed by atoms with Crippen LogP contribution in [0.4, 0.5) is 11.4 Å². The summed E-state index contributed by atoms with van der Waals surface area (Å²) in [5, 5.41) is 2.60. The molecule has 2 rings (SSSR count). The van der Waals surface area contributed by atoms with Crippen molar-refractivity contribution in [3.05, 3.63) is 24.3 Å². The van der Waals surface area contributed by atoms with E-state index in [0.717, 1.165) is 12.1 Å². The van der Waals surface area contributed by atoms with E-state index in [1.54, 1.807) is 29.2 Å². The van der Waals surface area contributed by atoms with Gasteiger partial charge in [-0.15, -0.1) is 12.4 Å². The van der Waals surface area contributed by atoms with Gasteiger partial charge in [0, 0.05) is 24.3 Å². The smallest absolute Gasteiger partial charge is 0.241 e. The van der Waals surface area contributed by atoms with E-state index in [9.17, 15) is 14.4 Å². The van der Waals surface area contributed by atoms with Crippen molar-refractivity contribution < 1.29 is 14.4 Å². The number of primary amides is 1. The van der Waals surface area contributed by atoms with Gasteiger partial charge in [-0.1, -0.05) is 0 Å². The maximum atomic E-state index is 11.7. The van der Waals surface area contributed by atoms with Gasteiger partial charge in [0.2, 0.25) is 17.7 Å². The maximum Gasteiger partial charge on any atom is 0.241 e. The molecule has 1 aromatic rings. The molecule has 0 spiro atoms. The molecule has 5 N–H and O–H groups in total. The Morgan fingerprint density at radius 1 is 1.27 bits per heavy atom. The summed E-state index contributed by atoms with van der Waals surface area (Å²) in [6.07, 6.45) is 1.23. The number of carbonyl (C=O) groups excluding carboxylic acids is 3. The normalized spacial score (nSPS) is 15.1. The van der Waals surface area contributed by atoms with E-state index in [2.05, 4.69) is 5.32 Å². The van der Waals surface area contributed by atoms with Gasteiger partial charge in [-0.3, -0.25) is 14.4 Å². The zero-order chi connectivity index (χ0) is 15.4. The van der Waals surface area contributed by atoms with Gasteiger partial charge >= 0.3 is 0 Å². The molecular weight excluding hydrogens is 308 g/mol. The number of carbonyl (C=O) groups is 3. The van der Waals surface area contributed by atoms with Gasteiger partial charge in [0.25, 0.3) is 0 Å². The third-order valence-corrected chi connectivity index (χ3v) is 3.28. The lowest BCUT2D eigenvalue weighted by Gasteiger charge is -2.16. The molecule has 22 heavy (non-hydrogen) atoms. The molecule has 1 aliphatic rings. The molecule has 1 unspecified atom stereocenters. The van der Waals surface area contributed by atoms with Crippen LogP contribution in [-0.4, -0.2) is 30.3 Å². The van der Waals surface area contributed by atoms with Crippen molar-refractivity contribution >= 4 is 41.5 Å². The molecule has 0 radical (unpaired) electrons. The topological polar surface area (TPSA) is 119 Å². The van der Waals surface area contributed by atoms with E-state index in [0.29, 0.717) is 18.7 Å². The van der Waals surface area contributed by atoms with Crippen LogP contribution in [0.25, 0.3) is 0 Å². The fourth-order valence-electron chi connectivity index (χ4n) is 2.19. The van der Waals surface area contributed by atoms with Crippen molar-refractivity contribution in [2.45, 2.75) is 25.3 Å². The summed E-state index contributed by atoms with van der Waals surface area (Å²) in [6, 6.07) is 5.94. The number of nitrogens with one attached hydrogen (secondary N) is 1. The van der Waals surface area contributed by atoms with Crippen LogP contribution in [0.2, 0.25) is 0 Å². The molecule has 1 saturated heterocycles. The number of hydrogen-bond acceptors (Lipinski definition) is 4. The van der Waals surface area contributed by atoms with Gasteiger partial charge in [0.15, 0.2) is 0 Å². The summed E-state index contributed by atoms with van der Waals surface area (Å²) in [4.78, 5) is 35.8. The Labute approximate surface area is 134 Å². The summed E-state index contributed by atoms with van der Waals surface area (Å²) in [5.41, 5.74) is 11.9. The molecule has 1 aliphatic heterocycles. The van der Waals surface area contributed by atoms with E-state index in [-0.39, 0.29) is 24.7 Å². The Hall–Kier alpha value is -2.12. The molecule has 7 nitrogen and oxygen atoms in total. The molecule has 1 fully saturated rings. The highest BCUT2D eigenvalue weighted by Gasteiger charge is 2.21. The highest BCUT2D eigenvalue weighted by atomic mass is 35.5. The van der Waals surface area contributed by atoms with Crippen molar-refractivity contribution in [3.63, 3.8) is 0 Å². The van der Waals surface area contributed by atoms with Crippen molar-refractivity contribution in [1.29, 1.82) is 0 Å². The Morgan fingerprint density at radius 3 is 2.41 bits per heavy atom. The predicted molar refractivity (Wildman–Crippen MR) is 85.7 cm³/mol. The minimum atomic E-state index is -0.970. The Balaban J connectivity index is 0.00000242. The number of anilines is 2. The predicted octanol–water partition coefficient (Wildman–Crippen LogP) is 0.376. The van der Waals surface area contributed by atoms with Crippen LogP contribution in [-0.2, 0) is 14.4 Å². The second-order valence-corrected chi connectivity index (χ2v) is 4.96. The Kier molecular flexibility index (Phi) is 6.33. The minimum Gasteiger partial charge on any atom is -0.370 e. The monoisotopic (exact) mass is 326 g/mol. The van der Waals surface area contributed by atoms with E-state index in [4.69, 9.17) is 11.5 Å². The third kappa shape index (κ3) is 4.44. The third-order valence-electron chi connectivity index (χ3n) is 3.28. The molecule has 0 aliphatic carbocycles. The second-order valence-electron chi connectivity index (χ2n) is 4.96. The van der Waals surface area contributed by atoms with E-state index in [1.807, 2.05) is 0 Å². The lowest BCUT2D eigenvalue weighted by atomic mass is 10.2. The number of nitrogens with zero attached hydrogens (tertiary/aromatic N) is 1. The summed E-state index contributed by atoms with van der Waals surface area (Å²) < 4.78 is 0. The van der Waals surface area contributed by atoms with Gasteiger partial charge in [-0.05, 0) is 30.7 Å². The van der Waals surface area contributed by atoms with Crippen LogP contribution >= 0.6 is 12.4 Å². The quantitative estimate of drug-likeness (QED) is 0.724. The lowest BCUT2D eigenvalue weighted by molar-refractivity contribution is -0.123. The molecule has 1 atom stereocenters. The van der Waals surface area contributed by atoms with E-state index < -0.39 is 17.9 Å². The largest absolute Gasteiger partial charge is 0.370 e. The van der Waals surface area contributed by atoms with Gasteiger partial charge in [-0.2, -0.15) is 0 Å². The fraction of sp³-hybridized carbons (Fsp3) is 0.357. The Morgan fingerprint density at radius 2 is 1.91 bits per heavy atom. The van der Waals surface area contributed by atoms with Crippen molar-refractivity contribution in [1.82, 2.24) is 0 Å². The average molecular weight is 327 g/mol. The summed E-state index contributed by atoms with van der Waals surface area (Å²) in [6.45, 7) is 0.716. The summed E-state index contributed by atoms with van der Waals surface area (Å²) >= 11 is 0. The zero-order valence-electron chi connectivity index (χ0n) is 12.0. The highest BCUT2D eigenvalue weighted by molar-refractivity contribution is 5.98. The number of rotatable bonds is 5. The van der Waals surface area contributed by atoms with E-state index in [1.165, 1.54) is 0 Å². The first-order valence-corrected chi connectivity index (χ1v) is 6.72. The van der Waals surface area contributed by atoms with Gasteiger partial charge < -0.3 is 21.7 Å². The highest BCUT2D eigenvalue weighted by Crippen LogP contribution is 2.23. The molecule has 1 aromatic carbocycles. The average Bonchev–Trinajstić information content (AvgIpc) is 2.85. The first-order chi connectivity index (χ1) is 9.97. The summed E-state index contributed by atoms with van der Waals surface area (Å²) in [7, 11) is 0. The number of hydrogen-bond donors (Lipinski definition) is 3. The van der Waals surface area contributed by atoms with Crippen LogP contribution < -0.4 is 21.7 Å². The van der Waals surface area contributed by atoms with Gasteiger partial charge in [0.1, 0.15) is 0 Å². The standard InChI is InChI=1S/C14H18N4O3.ClH/c15-11(8-12(16)19)14(21)17-9-3-5-10(6-4-9)18-7-1-2-13(18)20;/h3-6,11H,1-2,7-8,15H2,(H2,16,19)(H,17,21);1H. The first-order valence-electron chi connectivity index (χ1n) is 6.72. The van der Waals surface area contributed by atoms with Crippen LogP contribution in [0.3, 0.4) is 0 Å². The zero-order valence-corrected chi connectivity index (χ0v) is 12.8. The van der Waals surface area contributed by atoms with Crippen LogP contribution in [0.15, 0.2) is 24.3 Å². The summed E-state index contributed by atoms with van der Waals surface area (Å²) in [5.74, 6) is -0.991. The molecule has 0 aromatic heterocycles. The van der Waals surface area contributed by atoms with Crippen molar-refractivity contribution in [2.24, 2.45) is 11.5 Å².